The number of halogens is 3. The minimum atomic E-state index is -0.562. The van der Waals surface area contributed by atoms with Crippen molar-refractivity contribution in [3.63, 3.8) is 0 Å². The summed E-state index contributed by atoms with van der Waals surface area (Å²) in [7, 11) is 1.73. The van der Waals surface area contributed by atoms with Gasteiger partial charge in [-0.3, -0.25) is 9.67 Å². The van der Waals surface area contributed by atoms with Crippen LogP contribution in [0, 0.1) is 11.6 Å². The predicted molar refractivity (Wildman–Crippen MR) is 133 cm³/mol. The molecule has 0 amide bonds. The molecule has 32 heavy (non-hydrogen) atoms. The molecule has 0 radical (unpaired) electrons. The number of aromatic nitrogens is 2. The Kier molecular flexibility index (Phi) is 8.43. The molecule has 9 heteroatoms. The fraction of sp³-hybridized carbons (Fsp3) is 0.304. The van der Waals surface area contributed by atoms with Crippen molar-refractivity contribution in [3.05, 3.63) is 83.7 Å². The van der Waals surface area contributed by atoms with Crippen LogP contribution < -0.4 is 15.5 Å². The minimum absolute atomic E-state index is 0. The predicted octanol–water partition coefficient (Wildman–Crippen LogP) is 3.77. The Hall–Kier alpha value is -2.69. The highest BCUT2D eigenvalue weighted by Gasteiger charge is 2.25. The molecule has 1 saturated heterocycles. The van der Waals surface area contributed by atoms with Crippen molar-refractivity contribution >= 4 is 35.6 Å². The molecule has 1 aromatic heterocycles. The number of nitrogens with zero attached hydrogens (tertiary/aromatic N) is 4. The molecule has 6 nitrogen and oxygen atoms in total. The van der Waals surface area contributed by atoms with Crippen molar-refractivity contribution in [3.8, 4) is 0 Å². The fourth-order valence-corrected chi connectivity index (χ4v) is 3.83. The lowest BCUT2D eigenvalue weighted by Crippen LogP contribution is -2.44. The molecule has 0 spiro atoms. The molecule has 1 fully saturated rings. The van der Waals surface area contributed by atoms with Gasteiger partial charge < -0.3 is 15.5 Å². The van der Waals surface area contributed by atoms with Crippen LogP contribution in [0.25, 0.3) is 0 Å². The van der Waals surface area contributed by atoms with Crippen molar-refractivity contribution in [2.24, 2.45) is 4.99 Å². The van der Waals surface area contributed by atoms with E-state index >= 15 is 0 Å². The summed E-state index contributed by atoms with van der Waals surface area (Å²) in [5.74, 6) is -0.393. The highest BCUT2D eigenvalue weighted by Crippen LogP contribution is 2.24. The van der Waals surface area contributed by atoms with Gasteiger partial charge in [0.15, 0.2) is 5.96 Å². The quantitative estimate of drug-likeness (QED) is 0.278. The third kappa shape index (κ3) is 6.18. The molecule has 2 N–H and O–H groups in total. The van der Waals surface area contributed by atoms with Gasteiger partial charge in [-0.15, -0.1) is 24.0 Å². The van der Waals surface area contributed by atoms with Gasteiger partial charge in [-0.2, -0.15) is 5.10 Å². The molecular formula is C23H27F2IN6. The molecule has 4 rings (SSSR count). The Morgan fingerprint density at radius 1 is 1.16 bits per heavy atom. The number of rotatable bonds is 6. The molecule has 1 aliphatic heterocycles. The maximum atomic E-state index is 14.1. The lowest BCUT2D eigenvalue weighted by molar-refractivity contribution is 0.580. The number of nitrogens with one attached hydrogen (secondary N) is 2. The second-order valence-corrected chi connectivity index (χ2v) is 7.62. The van der Waals surface area contributed by atoms with Crippen LogP contribution in [0.1, 0.15) is 17.5 Å². The highest BCUT2D eigenvalue weighted by atomic mass is 127. The van der Waals surface area contributed by atoms with Crippen LogP contribution in [0.4, 0.5) is 14.5 Å². The lowest BCUT2D eigenvalue weighted by atomic mass is 10.1. The number of hydrogen-bond donors (Lipinski definition) is 2. The Labute approximate surface area is 203 Å². The third-order valence-corrected chi connectivity index (χ3v) is 5.36. The zero-order chi connectivity index (χ0) is 21.6. The number of guanidine groups is 1. The number of hydrogen-bond acceptors (Lipinski definition) is 3. The molecule has 3 aromatic rings. The van der Waals surface area contributed by atoms with Crippen molar-refractivity contribution in [2.45, 2.75) is 25.6 Å². The van der Waals surface area contributed by atoms with Crippen molar-refractivity contribution in [1.29, 1.82) is 0 Å². The first-order valence-electron chi connectivity index (χ1n) is 10.3. The Balaban J connectivity index is 0.00000289. The summed E-state index contributed by atoms with van der Waals surface area (Å²) in [6.07, 6.45) is 4.56. The van der Waals surface area contributed by atoms with Gasteiger partial charge in [0.05, 0.1) is 12.2 Å². The molecule has 170 valence electrons. The number of anilines is 1. The topological polar surface area (TPSA) is 57.5 Å². The number of aliphatic imine (C=N–C) groups is 1. The van der Waals surface area contributed by atoms with Gasteiger partial charge in [0.2, 0.25) is 0 Å². The van der Waals surface area contributed by atoms with E-state index in [4.69, 9.17) is 0 Å². The van der Waals surface area contributed by atoms with Crippen LogP contribution in [-0.4, -0.2) is 41.9 Å². The van der Waals surface area contributed by atoms with Crippen molar-refractivity contribution in [1.82, 2.24) is 20.4 Å². The molecule has 1 aliphatic rings. The fourth-order valence-electron chi connectivity index (χ4n) is 3.83. The Morgan fingerprint density at radius 3 is 2.75 bits per heavy atom. The molecule has 2 aromatic carbocycles. The van der Waals surface area contributed by atoms with Crippen molar-refractivity contribution in [2.75, 3.05) is 25.0 Å². The first-order chi connectivity index (χ1) is 15.1. The molecule has 2 heterocycles. The standard InChI is InChI=1S/C23H26F2N6.HI/c1-26-23(27-14-17-4-2-5-18(12-17)15-31-10-3-9-28-31)29-20-8-11-30(16-20)22-7-6-19(24)13-21(22)25;/h2-7,9-10,12-13,20H,8,11,14-16H2,1H3,(H2,26,27,29);1H. The number of benzene rings is 2. The summed E-state index contributed by atoms with van der Waals surface area (Å²) in [4.78, 5) is 6.24. The Morgan fingerprint density at radius 2 is 2.00 bits per heavy atom. The monoisotopic (exact) mass is 552 g/mol. The average molecular weight is 552 g/mol. The van der Waals surface area contributed by atoms with E-state index in [0.717, 1.165) is 24.6 Å². The first-order valence-corrected chi connectivity index (χ1v) is 10.3. The normalized spacial score (nSPS) is 16.0. The minimum Gasteiger partial charge on any atom is -0.367 e. The van der Waals surface area contributed by atoms with Gasteiger partial charge in [-0.1, -0.05) is 24.3 Å². The summed E-state index contributed by atoms with van der Waals surface area (Å²) >= 11 is 0. The van der Waals surface area contributed by atoms with E-state index in [9.17, 15) is 8.78 Å². The van der Waals surface area contributed by atoms with Crippen molar-refractivity contribution < 1.29 is 8.78 Å². The SMILES string of the molecule is CN=C(NCc1cccc(Cn2cccn2)c1)NC1CCN(c2ccc(F)cc2F)C1.I. The van der Waals surface area contributed by atoms with Gasteiger partial charge in [0.1, 0.15) is 11.6 Å². The zero-order valence-corrected chi connectivity index (χ0v) is 20.2. The molecule has 0 saturated carbocycles. The maximum Gasteiger partial charge on any atom is 0.191 e. The smallest absolute Gasteiger partial charge is 0.191 e. The molecule has 0 aliphatic carbocycles. The Bertz CT molecular complexity index is 1040. The summed E-state index contributed by atoms with van der Waals surface area (Å²) in [5.41, 5.74) is 2.76. The lowest BCUT2D eigenvalue weighted by Gasteiger charge is -2.21. The van der Waals surface area contributed by atoms with Gasteiger partial charge in [-0.25, -0.2) is 8.78 Å². The van der Waals surface area contributed by atoms with E-state index < -0.39 is 11.6 Å². The van der Waals surface area contributed by atoms with Gasteiger partial charge in [0, 0.05) is 51.2 Å². The van der Waals surface area contributed by atoms with Crippen LogP contribution in [0.15, 0.2) is 65.9 Å². The molecule has 1 atom stereocenters. The van der Waals surface area contributed by atoms with Crippen LogP contribution in [-0.2, 0) is 13.1 Å². The third-order valence-electron chi connectivity index (χ3n) is 5.36. The van der Waals surface area contributed by atoms with Gasteiger partial charge in [0.25, 0.3) is 0 Å². The van der Waals surface area contributed by atoms with Gasteiger partial charge in [-0.05, 0) is 35.7 Å². The van der Waals surface area contributed by atoms with Crippen LogP contribution >= 0.6 is 24.0 Å². The summed E-state index contributed by atoms with van der Waals surface area (Å²) in [5, 5.41) is 11.0. The van der Waals surface area contributed by atoms with Gasteiger partial charge >= 0.3 is 0 Å². The van der Waals surface area contributed by atoms with E-state index in [1.54, 1.807) is 13.2 Å². The maximum absolute atomic E-state index is 14.1. The van der Waals surface area contributed by atoms with Crippen LogP contribution in [0.5, 0.6) is 0 Å². The van der Waals surface area contributed by atoms with E-state index in [0.29, 0.717) is 31.3 Å². The van der Waals surface area contributed by atoms with E-state index in [2.05, 4.69) is 38.9 Å². The largest absolute Gasteiger partial charge is 0.367 e. The average Bonchev–Trinajstić information content (AvgIpc) is 3.43. The van der Waals surface area contributed by atoms with E-state index in [-0.39, 0.29) is 30.0 Å². The molecule has 1 unspecified atom stereocenters. The molecular weight excluding hydrogens is 525 g/mol. The summed E-state index contributed by atoms with van der Waals surface area (Å²) in [6, 6.07) is 14.1. The summed E-state index contributed by atoms with van der Waals surface area (Å²) < 4.78 is 29.1. The van der Waals surface area contributed by atoms with E-state index in [1.165, 1.54) is 17.7 Å². The highest BCUT2D eigenvalue weighted by molar-refractivity contribution is 14.0. The van der Waals surface area contributed by atoms with Crippen LogP contribution in [0.2, 0.25) is 0 Å². The second kappa shape index (κ2) is 11.3. The first kappa shape index (κ1) is 24.0. The second-order valence-electron chi connectivity index (χ2n) is 7.62. The molecule has 0 bridgehead atoms. The summed E-state index contributed by atoms with van der Waals surface area (Å²) in [6.45, 7) is 2.69. The zero-order valence-electron chi connectivity index (χ0n) is 17.8. The van der Waals surface area contributed by atoms with E-state index in [1.807, 2.05) is 27.9 Å². The van der Waals surface area contributed by atoms with Crippen LogP contribution in [0.3, 0.4) is 0 Å².